The van der Waals surface area contributed by atoms with Crippen LogP contribution in [0.4, 0.5) is 11.4 Å². The third-order valence-corrected chi connectivity index (χ3v) is 5.40. The number of hydrogen-bond acceptors (Lipinski definition) is 3. The Morgan fingerprint density at radius 1 is 0.846 bits per heavy atom. The van der Waals surface area contributed by atoms with Gasteiger partial charge in [-0.15, -0.1) is 0 Å². The van der Waals surface area contributed by atoms with Gasteiger partial charge in [-0.05, 0) is 40.0 Å². The first-order valence-electron chi connectivity index (χ1n) is 8.86. The predicted molar refractivity (Wildman–Crippen MR) is 106 cm³/mol. The van der Waals surface area contributed by atoms with Crippen molar-refractivity contribution in [1.29, 1.82) is 0 Å². The number of anilines is 2. The van der Waals surface area contributed by atoms with Gasteiger partial charge in [-0.3, -0.25) is 0 Å². The summed E-state index contributed by atoms with van der Waals surface area (Å²) >= 11 is 0. The van der Waals surface area contributed by atoms with Gasteiger partial charge in [0.2, 0.25) is 0 Å². The molecule has 26 heavy (non-hydrogen) atoms. The van der Waals surface area contributed by atoms with Crippen molar-refractivity contribution in [2.75, 3.05) is 4.90 Å². The molecule has 3 nitrogen and oxygen atoms in total. The Bertz CT molecular complexity index is 1040. The van der Waals surface area contributed by atoms with Crippen molar-refractivity contribution in [3.05, 3.63) is 96.0 Å². The van der Waals surface area contributed by atoms with Gasteiger partial charge >= 0.3 is 7.12 Å². The lowest BCUT2D eigenvalue weighted by molar-refractivity contribution is 0.420. The van der Waals surface area contributed by atoms with E-state index < -0.39 is 7.12 Å². The molecule has 0 bridgehead atoms. The van der Waals surface area contributed by atoms with Crippen LogP contribution in [0, 0.1) is 0 Å². The molecule has 1 aliphatic carbocycles. The van der Waals surface area contributed by atoms with Gasteiger partial charge in [-0.1, -0.05) is 66.8 Å². The first kappa shape index (κ1) is 15.4. The molecule has 0 saturated carbocycles. The average Bonchev–Trinajstić information content (AvgIpc) is 3.02. The maximum Gasteiger partial charge on any atom is 0.488 e. The normalized spacial score (nSPS) is 20.7. The van der Waals surface area contributed by atoms with E-state index in [0.717, 1.165) is 5.69 Å². The van der Waals surface area contributed by atoms with E-state index in [1.54, 1.807) is 0 Å². The lowest BCUT2D eigenvalue weighted by Gasteiger charge is -2.29. The third kappa shape index (κ3) is 2.23. The SMILES string of the molecule is OB(O)C1=CC2c3c(ccc4ccccc34)N(c3ccccc3)C2C=C1. The quantitative estimate of drug-likeness (QED) is 0.695. The first-order valence-corrected chi connectivity index (χ1v) is 8.86. The van der Waals surface area contributed by atoms with E-state index in [9.17, 15) is 10.0 Å². The van der Waals surface area contributed by atoms with Gasteiger partial charge in [-0.2, -0.15) is 0 Å². The van der Waals surface area contributed by atoms with Crippen molar-refractivity contribution in [3.8, 4) is 0 Å². The summed E-state index contributed by atoms with van der Waals surface area (Å²) in [6, 6.07) is 23.2. The molecule has 0 saturated heterocycles. The lowest BCUT2D eigenvalue weighted by atomic mass is 9.72. The molecule has 0 fully saturated rings. The summed E-state index contributed by atoms with van der Waals surface area (Å²) in [6.45, 7) is 0. The molecule has 2 atom stereocenters. The molecular weight excluding hydrogens is 321 g/mol. The number of nitrogens with zero attached hydrogens (tertiary/aromatic N) is 1. The van der Waals surface area contributed by atoms with Gasteiger partial charge in [0.1, 0.15) is 0 Å². The fourth-order valence-electron chi connectivity index (χ4n) is 4.27. The van der Waals surface area contributed by atoms with Crippen LogP contribution in [0.25, 0.3) is 10.8 Å². The summed E-state index contributed by atoms with van der Waals surface area (Å²) in [5, 5.41) is 21.7. The van der Waals surface area contributed by atoms with Crippen molar-refractivity contribution < 1.29 is 10.0 Å². The molecule has 0 aromatic heterocycles. The molecule has 2 unspecified atom stereocenters. The van der Waals surface area contributed by atoms with Crippen LogP contribution in [-0.4, -0.2) is 23.2 Å². The number of fused-ring (bicyclic) bond motifs is 5. The minimum absolute atomic E-state index is 0.0816. The van der Waals surface area contributed by atoms with Crippen molar-refractivity contribution >= 4 is 29.3 Å². The smallest absolute Gasteiger partial charge is 0.423 e. The highest BCUT2D eigenvalue weighted by atomic mass is 16.4. The lowest BCUT2D eigenvalue weighted by Crippen LogP contribution is -2.30. The van der Waals surface area contributed by atoms with Crippen molar-refractivity contribution in [2.24, 2.45) is 0 Å². The largest absolute Gasteiger partial charge is 0.488 e. The van der Waals surface area contributed by atoms with E-state index in [2.05, 4.69) is 71.6 Å². The van der Waals surface area contributed by atoms with Crippen LogP contribution < -0.4 is 4.90 Å². The second-order valence-corrected chi connectivity index (χ2v) is 6.84. The number of benzene rings is 3. The highest BCUT2D eigenvalue weighted by Gasteiger charge is 2.40. The fraction of sp³-hybridized carbons (Fsp3) is 0.0909. The minimum Gasteiger partial charge on any atom is -0.423 e. The molecule has 2 aliphatic rings. The Morgan fingerprint density at radius 2 is 1.62 bits per heavy atom. The summed E-state index contributed by atoms with van der Waals surface area (Å²) in [6.07, 6.45) is 5.92. The summed E-state index contributed by atoms with van der Waals surface area (Å²) in [5.74, 6) is 0.0816. The van der Waals surface area contributed by atoms with Crippen LogP contribution in [0.1, 0.15) is 11.5 Å². The Hall–Kier alpha value is -2.82. The average molecular weight is 339 g/mol. The molecule has 1 heterocycles. The third-order valence-electron chi connectivity index (χ3n) is 5.40. The van der Waals surface area contributed by atoms with E-state index >= 15 is 0 Å². The molecule has 1 aliphatic heterocycles. The van der Waals surface area contributed by atoms with Crippen LogP contribution in [-0.2, 0) is 0 Å². The zero-order chi connectivity index (χ0) is 17.7. The molecule has 0 radical (unpaired) electrons. The molecule has 2 N–H and O–H groups in total. The van der Waals surface area contributed by atoms with Crippen molar-refractivity contribution in [1.82, 2.24) is 0 Å². The van der Waals surface area contributed by atoms with Crippen molar-refractivity contribution in [3.63, 3.8) is 0 Å². The molecule has 0 spiro atoms. The van der Waals surface area contributed by atoms with Gasteiger partial charge in [0.25, 0.3) is 0 Å². The molecule has 0 amide bonds. The minimum atomic E-state index is -1.45. The second kappa shape index (κ2) is 5.87. The fourth-order valence-corrected chi connectivity index (χ4v) is 4.27. The molecule has 4 heteroatoms. The highest BCUT2D eigenvalue weighted by molar-refractivity contribution is 6.51. The van der Waals surface area contributed by atoms with E-state index in [-0.39, 0.29) is 12.0 Å². The topological polar surface area (TPSA) is 43.7 Å². The zero-order valence-corrected chi connectivity index (χ0v) is 14.2. The Balaban J connectivity index is 1.78. The highest BCUT2D eigenvalue weighted by Crippen LogP contribution is 2.50. The first-order chi connectivity index (χ1) is 12.7. The van der Waals surface area contributed by atoms with Gasteiger partial charge in [0.05, 0.1) is 6.04 Å². The standard InChI is InChI=1S/C22H18BNO2/c25-23(26)16-11-13-20-19(14-16)22-18-9-5-4-6-15(18)10-12-21(22)24(20)17-7-2-1-3-8-17/h1-14,19-20,25-26H. The predicted octanol–water partition coefficient (Wildman–Crippen LogP) is 3.95. The summed E-state index contributed by atoms with van der Waals surface area (Å²) in [7, 11) is -1.45. The maximum atomic E-state index is 9.66. The maximum absolute atomic E-state index is 9.66. The molecular formula is C22H18BNO2. The number of allylic oxidation sites excluding steroid dienone is 2. The van der Waals surface area contributed by atoms with Crippen LogP contribution in [0.5, 0.6) is 0 Å². The Morgan fingerprint density at radius 3 is 2.42 bits per heavy atom. The molecule has 5 rings (SSSR count). The molecule has 3 aromatic rings. The monoisotopic (exact) mass is 339 g/mol. The van der Waals surface area contributed by atoms with Crippen LogP contribution in [0.2, 0.25) is 0 Å². The molecule has 3 aromatic carbocycles. The number of para-hydroxylation sites is 1. The summed E-state index contributed by atoms with van der Waals surface area (Å²) in [4.78, 5) is 2.35. The number of rotatable bonds is 2. The van der Waals surface area contributed by atoms with Gasteiger partial charge in [0.15, 0.2) is 0 Å². The Kier molecular flexibility index (Phi) is 3.49. The van der Waals surface area contributed by atoms with Gasteiger partial charge in [-0.25, -0.2) is 0 Å². The number of hydrogen-bond donors (Lipinski definition) is 2. The second-order valence-electron chi connectivity index (χ2n) is 6.84. The van der Waals surface area contributed by atoms with Crippen LogP contribution in [0.3, 0.4) is 0 Å². The Labute approximate surface area is 152 Å². The van der Waals surface area contributed by atoms with E-state index in [4.69, 9.17) is 0 Å². The van der Waals surface area contributed by atoms with E-state index in [0.29, 0.717) is 5.47 Å². The molecule has 126 valence electrons. The summed E-state index contributed by atoms with van der Waals surface area (Å²) < 4.78 is 0. The van der Waals surface area contributed by atoms with E-state index in [1.165, 1.54) is 22.0 Å². The van der Waals surface area contributed by atoms with Gasteiger partial charge < -0.3 is 14.9 Å². The summed E-state index contributed by atoms with van der Waals surface area (Å²) in [5.41, 5.74) is 4.13. The van der Waals surface area contributed by atoms with Crippen molar-refractivity contribution in [2.45, 2.75) is 12.0 Å². The zero-order valence-electron chi connectivity index (χ0n) is 14.2. The van der Waals surface area contributed by atoms with E-state index in [1.807, 2.05) is 18.2 Å². The van der Waals surface area contributed by atoms with Crippen LogP contribution in [0.15, 0.2) is 90.4 Å². The van der Waals surface area contributed by atoms with Gasteiger partial charge in [0, 0.05) is 17.3 Å². The van der Waals surface area contributed by atoms with Crippen LogP contribution >= 0.6 is 0 Å².